The van der Waals surface area contributed by atoms with Crippen molar-refractivity contribution in [1.82, 2.24) is 9.97 Å². The summed E-state index contributed by atoms with van der Waals surface area (Å²) >= 11 is 0. The van der Waals surface area contributed by atoms with E-state index in [1.807, 2.05) is 12.1 Å². The maximum Gasteiger partial charge on any atom is 0.276 e. The van der Waals surface area contributed by atoms with Crippen LogP contribution in [-0.4, -0.2) is 34.2 Å². The minimum Gasteiger partial charge on any atom is -0.493 e. The van der Waals surface area contributed by atoms with Crippen molar-refractivity contribution in [3.8, 4) is 22.6 Å². The molecule has 0 bridgehead atoms. The maximum atomic E-state index is 11.4. The van der Waals surface area contributed by atoms with E-state index in [4.69, 9.17) is 9.47 Å². The zero-order chi connectivity index (χ0) is 20.1. The first-order valence-electron chi connectivity index (χ1n) is 8.46. The molecule has 0 aliphatic heterocycles. The number of rotatable bonds is 7. The molecule has 0 saturated carbocycles. The van der Waals surface area contributed by atoms with Crippen LogP contribution in [0.3, 0.4) is 0 Å². The number of nitrogens with zero attached hydrogens (tertiary/aromatic N) is 3. The van der Waals surface area contributed by atoms with E-state index in [2.05, 4.69) is 9.97 Å². The average Bonchev–Trinajstić information content (AvgIpc) is 2.73. The van der Waals surface area contributed by atoms with E-state index in [1.165, 1.54) is 32.7 Å². The van der Waals surface area contributed by atoms with Crippen molar-refractivity contribution in [2.75, 3.05) is 14.2 Å². The van der Waals surface area contributed by atoms with Crippen molar-refractivity contribution in [2.45, 2.75) is 12.5 Å². The Balaban J connectivity index is 1.86. The maximum absolute atomic E-state index is 11.4. The van der Waals surface area contributed by atoms with Gasteiger partial charge in [-0.1, -0.05) is 24.3 Å². The van der Waals surface area contributed by atoms with Crippen LogP contribution in [0, 0.1) is 10.1 Å². The zero-order valence-corrected chi connectivity index (χ0v) is 15.4. The molecule has 0 fully saturated rings. The summed E-state index contributed by atoms with van der Waals surface area (Å²) in [5, 5.41) is 22.0. The standard InChI is InChI=1S/C20H19N3O5/c1-27-19-8-15(17(23(25)26)9-20(19)28-2)7-18(24)14-5-3-13(4-6-14)16-10-21-12-22-11-16/h3-6,8-12,18,24H,7H2,1-2H3. The number of nitro groups is 1. The van der Waals surface area contributed by atoms with Crippen molar-refractivity contribution in [3.05, 3.63) is 76.4 Å². The second-order valence-corrected chi connectivity index (χ2v) is 6.06. The van der Waals surface area contributed by atoms with Gasteiger partial charge in [0.15, 0.2) is 11.5 Å². The van der Waals surface area contributed by atoms with E-state index >= 15 is 0 Å². The number of benzene rings is 2. The summed E-state index contributed by atoms with van der Waals surface area (Å²) in [5.74, 6) is 0.636. The van der Waals surface area contributed by atoms with Gasteiger partial charge in [0.05, 0.1) is 31.3 Å². The molecule has 0 amide bonds. The van der Waals surface area contributed by atoms with Crippen LogP contribution in [0.2, 0.25) is 0 Å². The first-order chi connectivity index (χ1) is 13.5. The molecule has 3 aromatic rings. The summed E-state index contributed by atoms with van der Waals surface area (Å²) in [7, 11) is 2.87. The first kappa shape index (κ1) is 19.2. The van der Waals surface area contributed by atoms with Gasteiger partial charge in [-0.3, -0.25) is 10.1 Å². The highest BCUT2D eigenvalue weighted by atomic mass is 16.6. The lowest BCUT2D eigenvalue weighted by Crippen LogP contribution is -2.06. The Morgan fingerprint density at radius 3 is 2.21 bits per heavy atom. The van der Waals surface area contributed by atoms with Crippen LogP contribution in [-0.2, 0) is 6.42 Å². The second kappa shape index (κ2) is 8.45. The minimum atomic E-state index is -0.919. The van der Waals surface area contributed by atoms with Crippen LogP contribution < -0.4 is 9.47 Å². The summed E-state index contributed by atoms with van der Waals surface area (Å²) in [6.45, 7) is 0. The Hall–Kier alpha value is -3.52. The fourth-order valence-corrected chi connectivity index (χ4v) is 2.92. The predicted octanol–water partition coefficient (Wildman–Crippen LogP) is 3.35. The highest BCUT2D eigenvalue weighted by Gasteiger charge is 2.22. The SMILES string of the molecule is COc1cc(CC(O)c2ccc(-c3cncnc3)cc2)c([N+](=O)[O-])cc1OC. The molecule has 28 heavy (non-hydrogen) atoms. The third-order valence-corrected chi connectivity index (χ3v) is 4.38. The van der Waals surface area contributed by atoms with E-state index in [0.717, 1.165) is 11.1 Å². The van der Waals surface area contributed by atoms with Crippen LogP contribution in [0.4, 0.5) is 5.69 Å². The molecular formula is C20H19N3O5. The lowest BCUT2D eigenvalue weighted by Gasteiger charge is -2.14. The number of hydrogen-bond acceptors (Lipinski definition) is 7. The Labute approximate surface area is 161 Å². The van der Waals surface area contributed by atoms with E-state index in [-0.39, 0.29) is 17.9 Å². The summed E-state index contributed by atoms with van der Waals surface area (Å²) in [6, 6.07) is 10.1. The molecule has 1 atom stereocenters. The highest BCUT2D eigenvalue weighted by Crippen LogP contribution is 2.36. The van der Waals surface area contributed by atoms with E-state index in [0.29, 0.717) is 16.9 Å². The van der Waals surface area contributed by atoms with Crippen molar-refractivity contribution >= 4 is 5.69 Å². The van der Waals surface area contributed by atoms with Gasteiger partial charge < -0.3 is 14.6 Å². The third-order valence-electron chi connectivity index (χ3n) is 4.38. The zero-order valence-electron chi connectivity index (χ0n) is 15.4. The molecule has 1 heterocycles. The van der Waals surface area contributed by atoms with Crippen molar-refractivity contribution < 1.29 is 19.5 Å². The Kier molecular flexibility index (Phi) is 5.81. The molecule has 0 spiro atoms. The van der Waals surface area contributed by atoms with E-state index in [9.17, 15) is 15.2 Å². The minimum absolute atomic E-state index is 0.0600. The largest absolute Gasteiger partial charge is 0.493 e. The molecule has 0 aliphatic carbocycles. The normalized spacial score (nSPS) is 11.7. The van der Waals surface area contributed by atoms with E-state index in [1.54, 1.807) is 24.5 Å². The first-order valence-corrected chi connectivity index (χ1v) is 8.46. The number of aromatic nitrogens is 2. The second-order valence-electron chi connectivity index (χ2n) is 6.06. The van der Waals surface area contributed by atoms with Crippen LogP contribution in [0.5, 0.6) is 11.5 Å². The van der Waals surface area contributed by atoms with Gasteiger partial charge in [-0.2, -0.15) is 0 Å². The quantitative estimate of drug-likeness (QED) is 0.494. The van der Waals surface area contributed by atoms with Gasteiger partial charge >= 0.3 is 0 Å². The van der Waals surface area contributed by atoms with Gasteiger partial charge in [0, 0.05) is 29.9 Å². The number of hydrogen-bond donors (Lipinski definition) is 1. The van der Waals surface area contributed by atoms with Crippen LogP contribution in [0.1, 0.15) is 17.2 Å². The molecule has 8 heteroatoms. The van der Waals surface area contributed by atoms with Crippen LogP contribution in [0.15, 0.2) is 55.1 Å². The molecule has 8 nitrogen and oxygen atoms in total. The summed E-state index contributed by atoms with van der Waals surface area (Å²) in [6.07, 6.45) is 4.00. The summed E-state index contributed by atoms with van der Waals surface area (Å²) in [5.41, 5.74) is 2.64. The van der Waals surface area contributed by atoms with Gasteiger partial charge in [0.1, 0.15) is 6.33 Å². The summed E-state index contributed by atoms with van der Waals surface area (Å²) < 4.78 is 10.3. The smallest absolute Gasteiger partial charge is 0.276 e. The van der Waals surface area contributed by atoms with Crippen LogP contribution in [0.25, 0.3) is 11.1 Å². The van der Waals surface area contributed by atoms with Gasteiger partial charge in [-0.15, -0.1) is 0 Å². The number of ether oxygens (including phenoxy) is 2. The third kappa shape index (κ3) is 4.07. The Morgan fingerprint density at radius 1 is 1.04 bits per heavy atom. The van der Waals surface area contributed by atoms with Crippen molar-refractivity contribution in [2.24, 2.45) is 0 Å². The van der Waals surface area contributed by atoms with Gasteiger partial charge in [0.25, 0.3) is 5.69 Å². The summed E-state index contributed by atoms with van der Waals surface area (Å²) in [4.78, 5) is 18.9. The van der Waals surface area contributed by atoms with E-state index < -0.39 is 11.0 Å². The molecule has 0 saturated heterocycles. The predicted molar refractivity (Wildman–Crippen MR) is 102 cm³/mol. The Morgan fingerprint density at radius 2 is 1.64 bits per heavy atom. The molecule has 1 N–H and O–H groups in total. The average molecular weight is 381 g/mol. The molecule has 144 valence electrons. The highest BCUT2D eigenvalue weighted by molar-refractivity contribution is 5.61. The van der Waals surface area contributed by atoms with Gasteiger partial charge in [-0.05, 0) is 17.2 Å². The number of methoxy groups -OCH3 is 2. The molecule has 2 aromatic carbocycles. The number of aliphatic hydroxyl groups excluding tert-OH is 1. The lowest BCUT2D eigenvalue weighted by molar-refractivity contribution is -0.385. The number of aliphatic hydroxyl groups is 1. The van der Waals surface area contributed by atoms with Gasteiger partial charge in [0.2, 0.25) is 0 Å². The molecule has 1 aromatic heterocycles. The molecule has 3 rings (SSSR count). The monoisotopic (exact) mass is 381 g/mol. The fourth-order valence-electron chi connectivity index (χ4n) is 2.92. The lowest BCUT2D eigenvalue weighted by atomic mass is 9.98. The van der Waals surface area contributed by atoms with Gasteiger partial charge in [-0.25, -0.2) is 9.97 Å². The fraction of sp³-hybridized carbons (Fsp3) is 0.200. The molecule has 0 aliphatic rings. The van der Waals surface area contributed by atoms with Crippen LogP contribution >= 0.6 is 0 Å². The topological polar surface area (TPSA) is 108 Å². The Bertz CT molecular complexity index is 962. The van der Waals surface area contributed by atoms with Crippen molar-refractivity contribution in [1.29, 1.82) is 0 Å². The molecule has 0 radical (unpaired) electrons. The van der Waals surface area contributed by atoms with Crippen molar-refractivity contribution in [3.63, 3.8) is 0 Å². The number of nitro benzene ring substituents is 1. The molecular weight excluding hydrogens is 362 g/mol. The molecule has 1 unspecified atom stereocenters.